The van der Waals surface area contributed by atoms with Crippen LogP contribution in [0.2, 0.25) is 5.02 Å². The Bertz CT molecular complexity index is 886. The largest absolute Gasteiger partial charge is 0.395 e. The zero-order chi connectivity index (χ0) is 23.1. The number of hydrogen-bond donors (Lipinski definition) is 3. The van der Waals surface area contributed by atoms with Crippen LogP contribution in [-0.4, -0.2) is 62.2 Å². The van der Waals surface area contributed by atoms with Crippen molar-refractivity contribution >= 4 is 23.6 Å². The maximum atomic E-state index is 12.1. The zero-order valence-corrected chi connectivity index (χ0v) is 19.8. The molecular formula is C25H35ClN4O2. The topological polar surface area (TPSA) is 81.8 Å². The average Bonchev–Trinajstić information content (AvgIpc) is 2.97. The maximum absolute atomic E-state index is 12.1. The third-order valence-electron chi connectivity index (χ3n) is 6.17. The lowest BCUT2D eigenvalue weighted by Gasteiger charge is -2.38. The summed E-state index contributed by atoms with van der Waals surface area (Å²) in [4.78, 5) is 16.9. The second-order valence-corrected chi connectivity index (χ2v) is 9.10. The van der Waals surface area contributed by atoms with E-state index in [1.165, 1.54) is 5.57 Å². The number of nitrogens with two attached hydrogens (primary N) is 1. The summed E-state index contributed by atoms with van der Waals surface area (Å²) in [6.45, 7) is 9.54. The van der Waals surface area contributed by atoms with Crippen LogP contribution in [0.25, 0.3) is 0 Å². The highest BCUT2D eigenvalue weighted by Gasteiger charge is 2.25. The molecule has 174 valence electrons. The number of carbonyl (C=O) groups is 1. The first-order chi connectivity index (χ1) is 15.5. The fourth-order valence-corrected chi connectivity index (χ4v) is 4.48. The summed E-state index contributed by atoms with van der Waals surface area (Å²) in [5.41, 5.74) is 11.3. The summed E-state index contributed by atoms with van der Waals surface area (Å²) in [5, 5.41) is 13.2. The van der Waals surface area contributed by atoms with Gasteiger partial charge in [0, 0.05) is 62.2 Å². The number of nitrogens with zero attached hydrogens (tertiary/aromatic N) is 2. The van der Waals surface area contributed by atoms with Gasteiger partial charge in [-0.3, -0.25) is 4.90 Å². The second-order valence-electron chi connectivity index (χ2n) is 8.67. The number of nitrogens with one attached hydrogen (secondary N) is 1. The Morgan fingerprint density at radius 3 is 2.62 bits per heavy atom. The van der Waals surface area contributed by atoms with Gasteiger partial charge in [-0.2, -0.15) is 0 Å². The number of carbonyl (C=O) groups excluding carboxylic acids is 1. The van der Waals surface area contributed by atoms with E-state index >= 15 is 0 Å². The van der Waals surface area contributed by atoms with E-state index in [0.717, 1.165) is 61.5 Å². The van der Waals surface area contributed by atoms with Crippen LogP contribution in [0.4, 0.5) is 5.69 Å². The molecule has 0 bridgehead atoms. The molecule has 1 fully saturated rings. The van der Waals surface area contributed by atoms with Crippen LogP contribution in [-0.2, 0) is 11.3 Å². The molecule has 32 heavy (non-hydrogen) atoms. The lowest BCUT2D eigenvalue weighted by Crippen LogP contribution is -2.47. The number of benzene rings is 1. The summed E-state index contributed by atoms with van der Waals surface area (Å²) in [6.07, 6.45) is 7.31. The van der Waals surface area contributed by atoms with Crippen molar-refractivity contribution in [3.8, 4) is 0 Å². The Kier molecular flexibility index (Phi) is 8.93. The molecule has 1 aliphatic heterocycles. The van der Waals surface area contributed by atoms with Crippen molar-refractivity contribution in [1.29, 1.82) is 0 Å². The van der Waals surface area contributed by atoms with Crippen molar-refractivity contribution < 1.29 is 9.90 Å². The molecule has 0 aromatic heterocycles. The first kappa shape index (κ1) is 24.5. The van der Waals surface area contributed by atoms with E-state index in [1.807, 2.05) is 12.1 Å². The van der Waals surface area contributed by atoms with Crippen LogP contribution in [0.5, 0.6) is 0 Å². The Labute approximate surface area is 196 Å². The van der Waals surface area contributed by atoms with Gasteiger partial charge in [0.05, 0.1) is 12.5 Å². The third-order valence-corrected chi connectivity index (χ3v) is 6.41. The minimum absolute atomic E-state index is 0.0279. The SMILES string of the molecule is CC(C)C1=CC=C(CN2CCN(c3ccc(Cl)cc3CN)CC2)C(C=O)C(NCCO)=C1. The first-order valence-electron chi connectivity index (χ1n) is 11.3. The molecule has 0 radical (unpaired) electrons. The van der Waals surface area contributed by atoms with Crippen molar-refractivity contribution in [1.82, 2.24) is 10.2 Å². The molecule has 3 rings (SSSR count). The number of allylic oxidation sites excluding steroid dienone is 5. The molecule has 1 unspecified atom stereocenters. The Morgan fingerprint density at radius 1 is 1.25 bits per heavy atom. The van der Waals surface area contributed by atoms with Gasteiger partial charge in [0.1, 0.15) is 6.29 Å². The first-order valence-corrected chi connectivity index (χ1v) is 11.7. The van der Waals surface area contributed by atoms with E-state index in [2.05, 4.69) is 53.3 Å². The predicted molar refractivity (Wildman–Crippen MR) is 132 cm³/mol. The van der Waals surface area contributed by atoms with Gasteiger partial charge in [-0.25, -0.2) is 0 Å². The number of halogens is 1. The summed E-state index contributed by atoms with van der Waals surface area (Å²) >= 11 is 6.13. The molecule has 0 spiro atoms. The van der Waals surface area contributed by atoms with Gasteiger partial charge >= 0.3 is 0 Å². The molecule has 6 nitrogen and oxygen atoms in total. The molecule has 1 heterocycles. The van der Waals surface area contributed by atoms with Crippen LogP contribution in [0.3, 0.4) is 0 Å². The summed E-state index contributed by atoms with van der Waals surface area (Å²) < 4.78 is 0. The minimum Gasteiger partial charge on any atom is -0.395 e. The molecule has 1 saturated heterocycles. The molecule has 7 heteroatoms. The third kappa shape index (κ3) is 6.01. The van der Waals surface area contributed by atoms with Gasteiger partial charge in [0.25, 0.3) is 0 Å². The molecule has 0 saturated carbocycles. The monoisotopic (exact) mass is 458 g/mol. The lowest BCUT2D eigenvalue weighted by atomic mass is 9.95. The lowest BCUT2D eigenvalue weighted by molar-refractivity contribution is -0.109. The Morgan fingerprint density at radius 2 is 2.00 bits per heavy atom. The van der Waals surface area contributed by atoms with Crippen molar-refractivity contribution in [2.45, 2.75) is 20.4 Å². The molecule has 0 amide bonds. The Balaban J connectivity index is 1.71. The van der Waals surface area contributed by atoms with Gasteiger partial charge in [-0.1, -0.05) is 37.6 Å². The second kappa shape index (κ2) is 11.7. The van der Waals surface area contributed by atoms with Crippen LogP contribution in [0, 0.1) is 11.8 Å². The minimum atomic E-state index is -0.327. The van der Waals surface area contributed by atoms with E-state index in [9.17, 15) is 9.90 Å². The fraction of sp³-hybridized carbons (Fsp3) is 0.480. The standard InChI is InChI=1S/C25H35ClN4O2/c1-18(2)19-3-4-20(23(17-32)24(14-19)28-7-12-31)16-29-8-10-30(11-9-29)25-6-5-22(26)13-21(25)15-27/h3-6,13-14,17-18,23,28,31H,7-12,15-16,27H2,1-2H3. The van der Waals surface area contributed by atoms with E-state index in [-0.39, 0.29) is 12.5 Å². The number of anilines is 1. The number of aliphatic hydroxyl groups excluding tert-OH is 1. The zero-order valence-electron chi connectivity index (χ0n) is 19.1. The smallest absolute Gasteiger partial charge is 0.133 e. The number of aldehydes is 1. The molecule has 2 aliphatic rings. The maximum Gasteiger partial charge on any atom is 0.133 e. The van der Waals surface area contributed by atoms with E-state index in [1.54, 1.807) is 0 Å². The van der Waals surface area contributed by atoms with Crippen LogP contribution >= 0.6 is 11.6 Å². The summed E-state index contributed by atoms with van der Waals surface area (Å²) in [6, 6.07) is 5.91. The van der Waals surface area contributed by atoms with E-state index < -0.39 is 0 Å². The molecular weight excluding hydrogens is 424 g/mol. The van der Waals surface area contributed by atoms with Crippen LogP contribution < -0.4 is 16.0 Å². The molecule has 1 atom stereocenters. The number of aliphatic hydroxyl groups is 1. The van der Waals surface area contributed by atoms with Gasteiger partial charge < -0.3 is 25.9 Å². The van der Waals surface area contributed by atoms with Gasteiger partial charge in [0.15, 0.2) is 0 Å². The number of hydrogen-bond acceptors (Lipinski definition) is 6. The van der Waals surface area contributed by atoms with Gasteiger partial charge in [-0.05, 0) is 46.9 Å². The summed E-state index contributed by atoms with van der Waals surface area (Å²) in [5.74, 6) is 0.0238. The van der Waals surface area contributed by atoms with Gasteiger partial charge in [-0.15, -0.1) is 0 Å². The molecule has 1 aromatic carbocycles. The number of piperazine rings is 1. The molecule has 1 aromatic rings. The normalized spacial score (nSPS) is 19.9. The van der Waals surface area contributed by atoms with Crippen molar-refractivity contribution in [2.24, 2.45) is 17.6 Å². The average molecular weight is 459 g/mol. The van der Waals surface area contributed by atoms with Crippen LogP contribution in [0.15, 0.2) is 53.3 Å². The van der Waals surface area contributed by atoms with Crippen LogP contribution in [0.1, 0.15) is 19.4 Å². The molecule has 4 N–H and O–H groups in total. The van der Waals surface area contributed by atoms with Crippen molar-refractivity contribution in [3.05, 3.63) is 63.9 Å². The highest BCUT2D eigenvalue weighted by Crippen LogP contribution is 2.28. The quantitative estimate of drug-likeness (QED) is 0.493. The Hall–Kier alpha value is -2.12. The van der Waals surface area contributed by atoms with E-state index in [4.69, 9.17) is 17.3 Å². The summed E-state index contributed by atoms with van der Waals surface area (Å²) in [7, 11) is 0. The highest BCUT2D eigenvalue weighted by atomic mass is 35.5. The molecule has 1 aliphatic carbocycles. The number of rotatable bonds is 9. The van der Waals surface area contributed by atoms with Crippen molar-refractivity contribution in [2.75, 3.05) is 50.8 Å². The van der Waals surface area contributed by atoms with E-state index in [0.29, 0.717) is 24.0 Å². The highest BCUT2D eigenvalue weighted by molar-refractivity contribution is 6.30. The fourth-order valence-electron chi connectivity index (χ4n) is 4.29. The van der Waals surface area contributed by atoms with Gasteiger partial charge in [0.2, 0.25) is 0 Å². The van der Waals surface area contributed by atoms with Crippen molar-refractivity contribution in [3.63, 3.8) is 0 Å². The predicted octanol–water partition coefficient (Wildman–Crippen LogP) is 2.72.